The van der Waals surface area contributed by atoms with Gasteiger partial charge in [0, 0.05) is 33.2 Å². The van der Waals surface area contributed by atoms with Crippen molar-refractivity contribution in [2.45, 2.75) is 51.9 Å². The molecule has 2 heterocycles. The van der Waals surface area contributed by atoms with Crippen molar-refractivity contribution < 1.29 is 22.7 Å². The molecule has 0 N–H and O–H groups in total. The Balaban J connectivity index is 1.42. The predicted molar refractivity (Wildman–Crippen MR) is 137 cm³/mol. The number of sulfonamides is 1. The molecule has 1 amide bonds. The number of carbonyl (C=O) groups excluding carboxylic acids is 1. The summed E-state index contributed by atoms with van der Waals surface area (Å²) in [6, 6.07) is 3.44. The Morgan fingerprint density at radius 1 is 1.11 bits per heavy atom. The van der Waals surface area contributed by atoms with Crippen LogP contribution in [0.5, 0.6) is 5.75 Å². The van der Waals surface area contributed by atoms with Gasteiger partial charge in [-0.2, -0.15) is 4.31 Å². The monoisotopic (exact) mass is 509 g/mol. The molecule has 0 aromatic heterocycles. The van der Waals surface area contributed by atoms with E-state index in [1.807, 2.05) is 4.90 Å². The second-order valence-electron chi connectivity index (χ2n) is 10.7. The molecule has 0 aliphatic carbocycles. The summed E-state index contributed by atoms with van der Waals surface area (Å²) in [5, 5.41) is 0. The van der Waals surface area contributed by atoms with Crippen LogP contribution in [0.1, 0.15) is 44.2 Å². The lowest BCUT2D eigenvalue weighted by Crippen LogP contribution is -2.49. The zero-order valence-electron chi connectivity index (χ0n) is 22.3. The minimum atomic E-state index is -3.67. The van der Waals surface area contributed by atoms with Crippen LogP contribution < -0.4 is 4.74 Å². The van der Waals surface area contributed by atoms with Crippen molar-refractivity contribution in [1.82, 2.24) is 14.1 Å². The maximum Gasteiger partial charge on any atom is 0.248 e. The van der Waals surface area contributed by atoms with Crippen molar-refractivity contribution in [2.75, 3.05) is 66.6 Å². The molecule has 0 radical (unpaired) electrons. The van der Waals surface area contributed by atoms with E-state index in [1.54, 1.807) is 33.1 Å². The molecule has 3 rings (SSSR count). The van der Waals surface area contributed by atoms with Crippen LogP contribution in [0.4, 0.5) is 0 Å². The van der Waals surface area contributed by atoms with Crippen LogP contribution in [0.25, 0.3) is 0 Å². The summed E-state index contributed by atoms with van der Waals surface area (Å²) in [6.07, 6.45) is 3.35. The smallest absolute Gasteiger partial charge is 0.248 e. The molecule has 0 unspecified atom stereocenters. The number of nitrogens with zero attached hydrogens (tertiary/aromatic N) is 3. The molecule has 2 saturated heterocycles. The van der Waals surface area contributed by atoms with E-state index < -0.39 is 10.0 Å². The zero-order chi connectivity index (χ0) is 25.8. The maximum atomic E-state index is 13.1. The molecule has 0 spiro atoms. The van der Waals surface area contributed by atoms with Gasteiger partial charge in [-0.3, -0.25) is 4.79 Å². The zero-order valence-corrected chi connectivity index (χ0v) is 23.1. The van der Waals surface area contributed by atoms with Gasteiger partial charge in [-0.05, 0) is 80.8 Å². The van der Waals surface area contributed by atoms with E-state index in [0.29, 0.717) is 22.8 Å². The fourth-order valence-corrected chi connectivity index (χ4v) is 6.87. The normalized spacial score (nSPS) is 18.1. The van der Waals surface area contributed by atoms with E-state index >= 15 is 0 Å². The first-order chi connectivity index (χ1) is 16.5. The first-order valence-electron chi connectivity index (χ1n) is 12.6. The van der Waals surface area contributed by atoms with Crippen molar-refractivity contribution in [2.24, 2.45) is 11.3 Å². The fourth-order valence-electron chi connectivity index (χ4n) is 5.31. The van der Waals surface area contributed by atoms with Crippen molar-refractivity contribution >= 4 is 15.9 Å². The van der Waals surface area contributed by atoms with Crippen LogP contribution in [0.15, 0.2) is 17.0 Å². The highest BCUT2D eigenvalue weighted by molar-refractivity contribution is 7.89. The van der Waals surface area contributed by atoms with Gasteiger partial charge in [0.05, 0.1) is 18.6 Å². The number of hydrogen-bond acceptors (Lipinski definition) is 6. The average Bonchev–Trinajstić information content (AvgIpc) is 2.78. The van der Waals surface area contributed by atoms with Crippen LogP contribution in [0.2, 0.25) is 0 Å². The first-order valence-corrected chi connectivity index (χ1v) is 14.1. The van der Waals surface area contributed by atoms with Gasteiger partial charge >= 0.3 is 0 Å². The Morgan fingerprint density at radius 2 is 1.71 bits per heavy atom. The molecule has 198 valence electrons. The Morgan fingerprint density at radius 3 is 2.23 bits per heavy atom. The lowest BCUT2D eigenvalue weighted by Gasteiger charge is -2.45. The Bertz CT molecular complexity index is 960. The van der Waals surface area contributed by atoms with E-state index in [-0.39, 0.29) is 36.0 Å². The summed E-state index contributed by atoms with van der Waals surface area (Å²) in [4.78, 5) is 17.4. The van der Waals surface area contributed by atoms with E-state index in [9.17, 15) is 13.2 Å². The third-order valence-corrected chi connectivity index (χ3v) is 9.81. The summed E-state index contributed by atoms with van der Waals surface area (Å²) in [7, 11) is -0.576. The number of ether oxygens (including phenoxy) is 2. The summed E-state index contributed by atoms with van der Waals surface area (Å²) < 4.78 is 38.3. The number of methoxy groups -OCH3 is 1. The number of benzene rings is 1. The number of likely N-dealkylation sites (tertiary alicyclic amines) is 2. The van der Waals surface area contributed by atoms with Crippen molar-refractivity contribution in [3.8, 4) is 5.75 Å². The molecule has 8 nitrogen and oxygen atoms in total. The number of amides is 1. The predicted octanol–water partition coefficient (Wildman–Crippen LogP) is 2.92. The minimum absolute atomic E-state index is 0.0173. The van der Waals surface area contributed by atoms with E-state index in [0.717, 1.165) is 32.5 Å². The van der Waals surface area contributed by atoms with Gasteiger partial charge in [-0.1, -0.05) is 13.8 Å². The summed E-state index contributed by atoms with van der Waals surface area (Å²) >= 11 is 0. The maximum absolute atomic E-state index is 13.1. The minimum Gasteiger partial charge on any atom is -0.497 e. The molecule has 0 atom stereocenters. The SMILES string of the molecule is COc1cc(C)c(S(=O)(=O)N(C)CCOCC(=O)N2CCC(C(C)(C)CN3CCC3)CC2)c(C)c1. The van der Waals surface area contributed by atoms with E-state index in [4.69, 9.17) is 9.47 Å². The van der Waals surface area contributed by atoms with Gasteiger partial charge in [-0.15, -0.1) is 0 Å². The first kappa shape index (κ1) is 27.9. The Kier molecular flexibility index (Phi) is 9.23. The standard InChI is InChI=1S/C26H43N3O5S/c1-20-16-23(33-6)17-21(2)25(20)35(31,32)27(5)14-15-34-18-24(30)29-12-8-22(9-13-29)26(3,4)19-28-10-7-11-28/h16-17,22H,7-15,18-19H2,1-6H3. The van der Waals surface area contributed by atoms with Gasteiger partial charge < -0.3 is 19.3 Å². The molecule has 0 bridgehead atoms. The molecule has 9 heteroatoms. The molecule has 2 fully saturated rings. The van der Waals surface area contributed by atoms with Gasteiger partial charge in [-0.25, -0.2) is 8.42 Å². The fraction of sp³-hybridized carbons (Fsp3) is 0.731. The highest BCUT2D eigenvalue weighted by atomic mass is 32.2. The van der Waals surface area contributed by atoms with Crippen LogP contribution in [0.3, 0.4) is 0 Å². The second-order valence-corrected chi connectivity index (χ2v) is 12.7. The molecular formula is C26H43N3O5S. The molecular weight excluding hydrogens is 466 g/mol. The summed E-state index contributed by atoms with van der Waals surface area (Å²) in [5.41, 5.74) is 1.55. The number of aryl methyl sites for hydroxylation is 2. The van der Waals surface area contributed by atoms with Crippen molar-refractivity contribution in [3.63, 3.8) is 0 Å². The topological polar surface area (TPSA) is 79.4 Å². The molecule has 0 saturated carbocycles. The number of hydrogen-bond donors (Lipinski definition) is 0. The summed E-state index contributed by atoms with van der Waals surface area (Å²) in [6.45, 7) is 13.7. The van der Waals surface area contributed by atoms with Gasteiger partial charge in [0.25, 0.3) is 0 Å². The second kappa shape index (κ2) is 11.6. The lowest BCUT2D eigenvalue weighted by atomic mass is 9.73. The number of carbonyl (C=O) groups is 1. The van der Waals surface area contributed by atoms with E-state index in [2.05, 4.69) is 18.7 Å². The largest absolute Gasteiger partial charge is 0.497 e. The average molecular weight is 510 g/mol. The van der Waals surface area contributed by atoms with Gasteiger partial charge in [0.15, 0.2) is 0 Å². The molecule has 2 aliphatic heterocycles. The highest BCUT2D eigenvalue weighted by Crippen LogP contribution is 2.36. The van der Waals surface area contributed by atoms with Crippen LogP contribution in [-0.4, -0.2) is 95.1 Å². The number of likely N-dealkylation sites (N-methyl/N-ethyl adjacent to an activating group) is 1. The quantitative estimate of drug-likeness (QED) is 0.427. The van der Waals surface area contributed by atoms with Gasteiger partial charge in [0.2, 0.25) is 15.9 Å². The summed E-state index contributed by atoms with van der Waals surface area (Å²) in [5.74, 6) is 1.24. The van der Waals surface area contributed by atoms with Crippen molar-refractivity contribution in [1.29, 1.82) is 0 Å². The molecule has 1 aromatic carbocycles. The van der Waals surface area contributed by atoms with Crippen LogP contribution >= 0.6 is 0 Å². The number of rotatable bonds is 11. The Hall–Kier alpha value is -1.68. The third kappa shape index (κ3) is 6.76. The van der Waals surface area contributed by atoms with Gasteiger partial charge in [0.1, 0.15) is 12.4 Å². The van der Waals surface area contributed by atoms with E-state index in [1.165, 1.54) is 30.9 Å². The van der Waals surface area contributed by atoms with Crippen LogP contribution in [-0.2, 0) is 19.6 Å². The molecule has 2 aliphatic rings. The highest BCUT2D eigenvalue weighted by Gasteiger charge is 2.36. The lowest BCUT2D eigenvalue weighted by molar-refractivity contribution is -0.138. The Labute approximate surface area is 211 Å². The molecule has 1 aromatic rings. The van der Waals surface area contributed by atoms with Crippen LogP contribution in [0, 0.1) is 25.2 Å². The van der Waals surface area contributed by atoms with Crippen molar-refractivity contribution in [3.05, 3.63) is 23.3 Å². The number of piperidine rings is 1. The molecule has 35 heavy (non-hydrogen) atoms. The third-order valence-electron chi connectivity index (χ3n) is 7.65.